The highest BCUT2D eigenvalue weighted by molar-refractivity contribution is 5.94. The van der Waals surface area contributed by atoms with Gasteiger partial charge in [-0.3, -0.25) is 4.98 Å². The highest BCUT2D eigenvalue weighted by Crippen LogP contribution is 2.30. The van der Waals surface area contributed by atoms with Crippen molar-refractivity contribution in [3.05, 3.63) is 84.7 Å². The van der Waals surface area contributed by atoms with Crippen LogP contribution in [0.4, 0.5) is 10.5 Å². The van der Waals surface area contributed by atoms with E-state index in [2.05, 4.69) is 38.4 Å². The van der Waals surface area contributed by atoms with Crippen molar-refractivity contribution in [2.45, 2.75) is 13.1 Å². The summed E-state index contributed by atoms with van der Waals surface area (Å²) < 4.78 is 7.56. The molecular formula is C24H24N4O2. The van der Waals surface area contributed by atoms with Gasteiger partial charge in [0, 0.05) is 54.9 Å². The Morgan fingerprint density at radius 2 is 1.83 bits per heavy atom. The summed E-state index contributed by atoms with van der Waals surface area (Å²) in [6.07, 6.45) is 3.42. The van der Waals surface area contributed by atoms with Gasteiger partial charge in [0.2, 0.25) is 0 Å². The van der Waals surface area contributed by atoms with Crippen LogP contribution in [0.25, 0.3) is 22.2 Å². The third-order valence-corrected chi connectivity index (χ3v) is 4.95. The van der Waals surface area contributed by atoms with Gasteiger partial charge in [-0.05, 0) is 47.5 Å². The Kier molecular flexibility index (Phi) is 6.06. The smallest absolute Gasteiger partial charge is 0.319 e. The van der Waals surface area contributed by atoms with Crippen LogP contribution in [0.5, 0.6) is 0 Å². The number of hydrogen-bond donors (Lipinski definition) is 2. The normalized spacial score (nSPS) is 10.8. The fourth-order valence-corrected chi connectivity index (χ4v) is 3.48. The molecule has 30 heavy (non-hydrogen) atoms. The zero-order valence-electron chi connectivity index (χ0n) is 16.8. The number of amides is 2. The van der Waals surface area contributed by atoms with E-state index in [-0.39, 0.29) is 6.03 Å². The molecule has 4 aromatic rings. The van der Waals surface area contributed by atoms with Crippen LogP contribution in [-0.4, -0.2) is 29.3 Å². The molecule has 0 saturated carbocycles. The van der Waals surface area contributed by atoms with E-state index in [1.54, 1.807) is 19.5 Å². The van der Waals surface area contributed by atoms with Crippen LogP contribution in [0.2, 0.25) is 0 Å². The van der Waals surface area contributed by atoms with Gasteiger partial charge < -0.3 is 19.9 Å². The summed E-state index contributed by atoms with van der Waals surface area (Å²) in [4.78, 5) is 16.3. The molecule has 0 aliphatic heterocycles. The second-order valence-corrected chi connectivity index (χ2v) is 6.98. The largest absolute Gasteiger partial charge is 0.383 e. The lowest BCUT2D eigenvalue weighted by atomic mass is 10.1. The maximum Gasteiger partial charge on any atom is 0.319 e. The summed E-state index contributed by atoms with van der Waals surface area (Å²) >= 11 is 0. The molecular weight excluding hydrogens is 376 g/mol. The van der Waals surface area contributed by atoms with Crippen molar-refractivity contribution in [1.29, 1.82) is 0 Å². The van der Waals surface area contributed by atoms with Gasteiger partial charge >= 0.3 is 6.03 Å². The van der Waals surface area contributed by atoms with E-state index in [4.69, 9.17) is 4.74 Å². The number of nitrogens with one attached hydrogen (secondary N) is 2. The minimum absolute atomic E-state index is 0.242. The lowest BCUT2D eigenvalue weighted by molar-refractivity contribution is 0.189. The number of rotatable bonds is 7. The standard InChI is InChI=1S/C24H24N4O2/c1-30-14-13-28-22-8-7-21(27-24(29)26-17-18-9-11-25-12-10-18)15-20(22)16-23(28)19-5-3-2-4-6-19/h2-12,15-16H,13-14,17H2,1H3,(H2,26,27,29). The Hall–Kier alpha value is -3.64. The average Bonchev–Trinajstić information content (AvgIpc) is 3.15. The minimum Gasteiger partial charge on any atom is -0.383 e. The van der Waals surface area contributed by atoms with Gasteiger partial charge in [-0.25, -0.2) is 4.79 Å². The van der Waals surface area contributed by atoms with Crippen LogP contribution in [0.1, 0.15) is 5.56 Å². The number of carbonyl (C=O) groups excluding carboxylic acids is 1. The Bertz CT molecular complexity index is 1120. The number of urea groups is 1. The predicted octanol–water partition coefficient (Wildman–Crippen LogP) is 4.67. The van der Waals surface area contributed by atoms with Crippen molar-refractivity contribution < 1.29 is 9.53 Å². The highest BCUT2D eigenvalue weighted by atomic mass is 16.5. The predicted molar refractivity (Wildman–Crippen MR) is 119 cm³/mol. The van der Waals surface area contributed by atoms with Crippen molar-refractivity contribution in [3.63, 3.8) is 0 Å². The summed E-state index contributed by atoms with van der Waals surface area (Å²) in [7, 11) is 1.71. The first kappa shape index (κ1) is 19.7. The van der Waals surface area contributed by atoms with Gasteiger partial charge in [0.1, 0.15) is 0 Å². The van der Waals surface area contributed by atoms with Crippen molar-refractivity contribution in [2.24, 2.45) is 0 Å². The second kappa shape index (κ2) is 9.24. The van der Waals surface area contributed by atoms with Crippen molar-refractivity contribution in [2.75, 3.05) is 19.0 Å². The molecule has 6 heteroatoms. The van der Waals surface area contributed by atoms with E-state index in [9.17, 15) is 4.79 Å². The SMILES string of the molecule is COCCn1c(-c2ccccc2)cc2cc(NC(=O)NCc3ccncc3)ccc21. The van der Waals surface area contributed by atoms with Gasteiger partial charge in [-0.2, -0.15) is 0 Å². The van der Waals surface area contributed by atoms with Crippen molar-refractivity contribution >= 4 is 22.6 Å². The van der Waals surface area contributed by atoms with E-state index in [1.807, 2.05) is 48.5 Å². The Morgan fingerprint density at radius 1 is 1.03 bits per heavy atom. The second-order valence-electron chi connectivity index (χ2n) is 6.98. The van der Waals surface area contributed by atoms with Crippen LogP contribution < -0.4 is 10.6 Å². The Balaban J connectivity index is 1.55. The molecule has 0 radical (unpaired) electrons. The molecule has 2 N–H and O–H groups in total. The molecule has 2 aromatic heterocycles. The summed E-state index contributed by atoms with van der Waals surface area (Å²) in [5.41, 5.74) is 5.13. The highest BCUT2D eigenvalue weighted by Gasteiger charge is 2.12. The first-order chi connectivity index (χ1) is 14.7. The number of nitrogens with zero attached hydrogens (tertiary/aromatic N) is 2. The molecule has 0 atom stereocenters. The van der Waals surface area contributed by atoms with E-state index in [0.717, 1.165) is 40.0 Å². The molecule has 0 aliphatic rings. The lowest BCUT2D eigenvalue weighted by Crippen LogP contribution is -2.28. The summed E-state index contributed by atoms with van der Waals surface area (Å²) in [5, 5.41) is 6.85. The average molecular weight is 400 g/mol. The molecule has 6 nitrogen and oxygen atoms in total. The number of fused-ring (bicyclic) bond motifs is 1. The molecule has 0 unspecified atom stereocenters. The number of aromatic nitrogens is 2. The fraction of sp³-hybridized carbons (Fsp3) is 0.167. The number of anilines is 1. The Labute approximate surface area is 175 Å². The molecule has 2 heterocycles. The molecule has 2 aromatic carbocycles. The number of hydrogen-bond acceptors (Lipinski definition) is 3. The third-order valence-electron chi connectivity index (χ3n) is 4.95. The molecule has 0 spiro atoms. The number of carbonyl (C=O) groups is 1. The van der Waals surface area contributed by atoms with Crippen molar-refractivity contribution in [1.82, 2.24) is 14.9 Å². The summed E-state index contributed by atoms with van der Waals surface area (Å²) in [6, 6.07) is 21.9. The summed E-state index contributed by atoms with van der Waals surface area (Å²) in [5.74, 6) is 0. The third kappa shape index (κ3) is 4.50. The monoisotopic (exact) mass is 400 g/mol. The topological polar surface area (TPSA) is 68.2 Å². The fourth-order valence-electron chi connectivity index (χ4n) is 3.48. The van der Waals surface area contributed by atoms with E-state index in [0.29, 0.717) is 13.2 Å². The first-order valence-corrected chi connectivity index (χ1v) is 9.86. The maximum absolute atomic E-state index is 12.3. The van der Waals surface area contributed by atoms with E-state index >= 15 is 0 Å². The number of pyridine rings is 1. The molecule has 0 aliphatic carbocycles. The van der Waals surface area contributed by atoms with Crippen LogP contribution in [0, 0.1) is 0 Å². The Morgan fingerprint density at radius 3 is 2.60 bits per heavy atom. The zero-order valence-corrected chi connectivity index (χ0v) is 16.8. The van der Waals surface area contributed by atoms with Gasteiger partial charge in [0.15, 0.2) is 0 Å². The maximum atomic E-state index is 12.3. The van der Waals surface area contributed by atoms with Crippen LogP contribution in [0.3, 0.4) is 0 Å². The van der Waals surface area contributed by atoms with Gasteiger partial charge in [0.05, 0.1) is 6.61 Å². The summed E-state index contributed by atoms with van der Waals surface area (Å²) in [6.45, 7) is 1.83. The van der Waals surface area contributed by atoms with Gasteiger partial charge in [-0.15, -0.1) is 0 Å². The number of ether oxygens (including phenoxy) is 1. The van der Waals surface area contributed by atoms with E-state index < -0.39 is 0 Å². The van der Waals surface area contributed by atoms with Crippen LogP contribution in [-0.2, 0) is 17.8 Å². The van der Waals surface area contributed by atoms with Crippen LogP contribution >= 0.6 is 0 Å². The van der Waals surface area contributed by atoms with Gasteiger partial charge in [0.25, 0.3) is 0 Å². The molecule has 0 saturated heterocycles. The molecule has 4 rings (SSSR count). The molecule has 2 amide bonds. The van der Waals surface area contributed by atoms with Crippen molar-refractivity contribution in [3.8, 4) is 11.3 Å². The molecule has 0 bridgehead atoms. The number of benzene rings is 2. The number of methoxy groups -OCH3 is 1. The van der Waals surface area contributed by atoms with Gasteiger partial charge in [-0.1, -0.05) is 30.3 Å². The first-order valence-electron chi connectivity index (χ1n) is 9.86. The van der Waals surface area contributed by atoms with Crippen LogP contribution in [0.15, 0.2) is 79.1 Å². The minimum atomic E-state index is -0.242. The quantitative estimate of drug-likeness (QED) is 0.474. The molecule has 152 valence electrons. The zero-order chi connectivity index (χ0) is 20.8. The van der Waals surface area contributed by atoms with E-state index in [1.165, 1.54) is 0 Å². The molecule has 0 fully saturated rings. The lowest BCUT2D eigenvalue weighted by Gasteiger charge is -2.11.